The first-order chi connectivity index (χ1) is 15.9. The van der Waals surface area contributed by atoms with Gasteiger partial charge in [-0.25, -0.2) is 19.1 Å². The molecule has 1 N–H and O–H groups in total. The summed E-state index contributed by atoms with van der Waals surface area (Å²) in [5.74, 6) is -2.13. The van der Waals surface area contributed by atoms with Crippen molar-refractivity contribution in [2.45, 2.75) is 18.9 Å². The molecule has 34 heavy (non-hydrogen) atoms. The van der Waals surface area contributed by atoms with Gasteiger partial charge in [-0.2, -0.15) is 0 Å². The number of methoxy groups -OCH3 is 3. The van der Waals surface area contributed by atoms with Crippen molar-refractivity contribution >= 4 is 41.9 Å². The molecule has 12 nitrogen and oxygen atoms in total. The number of rotatable bonds is 7. The molecule has 2 aromatic rings. The largest absolute Gasteiger partial charge is 0.465 e. The number of likely N-dealkylation sites (tertiary alicyclic amines) is 1. The van der Waals surface area contributed by atoms with Gasteiger partial charge in [0.2, 0.25) is 11.6 Å². The topological polar surface area (TPSA) is 142 Å². The second-order valence-corrected chi connectivity index (χ2v) is 7.34. The number of aromatic nitrogens is 3. The Hall–Kier alpha value is -3.51. The maximum atomic E-state index is 12.4. The molecule has 13 heteroatoms. The second kappa shape index (κ2) is 12.1. The summed E-state index contributed by atoms with van der Waals surface area (Å²) in [6.07, 6.45) is 1.18. The van der Waals surface area contributed by atoms with E-state index in [1.807, 2.05) is 4.90 Å². The predicted octanol–water partition coefficient (Wildman–Crippen LogP) is 1.34. The van der Waals surface area contributed by atoms with Gasteiger partial charge in [-0.1, -0.05) is 5.21 Å². The molecule has 1 saturated heterocycles. The van der Waals surface area contributed by atoms with E-state index in [2.05, 4.69) is 25.1 Å². The Morgan fingerprint density at radius 2 is 1.53 bits per heavy atom. The molecule has 1 aromatic carbocycles. The third-order valence-electron chi connectivity index (χ3n) is 5.31. The highest BCUT2D eigenvalue weighted by atomic mass is 35.5. The number of anilines is 1. The minimum Gasteiger partial charge on any atom is -0.465 e. The number of nitrogens with one attached hydrogen (secondary N) is 1. The number of esters is 3. The van der Waals surface area contributed by atoms with Gasteiger partial charge in [0.25, 0.3) is 0 Å². The van der Waals surface area contributed by atoms with E-state index in [-0.39, 0.29) is 42.3 Å². The number of ether oxygens (including phenoxy) is 3. The van der Waals surface area contributed by atoms with Crippen molar-refractivity contribution in [2.75, 3.05) is 46.3 Å². The van der Waals surface area contributed by atoms with Gasteiger partial charge in [0.1, 0.15) is 0 Å². The molecular weight excluding hydrogens is 470 g/mol. The zero-order chi connectivity index (χ0) is 24.0. The van der Waals surface area contributed by atoms with Crippen LogP contribution in [0.15, 0.2) is 24.3 Å². The zero-order valence-electron chi connectivity index (χ0n) is 19.0. The molecule has 0 spiro atoms. The Balaban J connectivity index is 0.00000408. The van der Waals surface area contributed by atoms with E-state index in [1.54, 1.807) is 24.3 Å². The first-order valence-electron chi connectivity index (χ1n) is 10.2. The quantitative estimate of drug-likeness (QED) is 0.441. The number of amides is 1. The smallest absolute Gasteiger partial charge is 0.361 e. The molecule has 0 saturated carbocycles. The number of carbonyl (C=O) groups excluding carboxylic acids is 4. The minimum atomic E-state index is -0.768. The zero-order valence-corrected chi connectivity index (χ0v) is 19.8. The highest BCUT2D eigenvalue weighted by Gasteiger charge is 2.32. The van der Waals surface area contributed by atoms with Gasteiger partial charge in [0.05, 0.1) is 39.5 Å². The summed E-state index contributed by atoms with van der Waals surface area (Å²) >= 11 is 0. The average Bonchev–Trinajstić information content (AvgIpc) is 3.28. The monoisotopic (exact) mass is 495 g/mol. The minimum absolute atomic E-state index is 0. The standard InChI is InChI=1S/C21H25N5O7.ClH/c1-31-19(28)13-4-6-14(7-5-13)22-16(27)12-25-10-8-15(9-11-25)26-18(21(30)33-3)17(23-24-26)20(29)32-2;/h4-7,15H,8-12H2,1-3H3,(H,22,27);1H. The van der Waals surface area contributed by atoms with Crippen LogP contribution in [0.5, 0.6) is 0 Å². The number of hydrogen-bond donors (Lipinski definition) is 1. The molecule has 2 heterocycles. The third kappa shape index (κ3) is 6.08. The van der Waals surface area contributed by atoms with Gasteiger partial charge in [0, 0.05) is 18.8 Å². The van der Waals surface area contributed by atoms with E-state index in [9.17, 15) is 19.2 Å². The van der Waals surface area contributed by atoms with Gasteiger partial charge in [-0.05, 0) is 37.1 Å². The Morgan fingerprint density at radius 3 is 2.09 bits per heavy atom. The van der Waals surface area contributed by atoms with Crippen LogP contribution in [0.2, 0.25) is 0 Å². The summed E-state index contributed by atoms with van der Waals surface area (Å²) in [5, 5.41) is 10.6. The molecule has 0 unspecified atom stereocenters. The molecule has 1 amide bonds. The van der Waals surface area contributed by atoms with Crippen molar-refractivity contribution in [3.63, 3.8) is 0 Å². The Morgan fingerprint density at radius 1 is 0.941 bits per heavy atom. The van der Waals surface area contributed by atoms with Crippen molar-refractivity contribution < 1.29 is 33.4 Å². The number of carbonyl (C=O) groups is 4. The van der Waals surface area contributed by atoms with Crippen LogP contribution < -0.4 is 5.32 Å². The lowest BCUT2D eigenvalue weighted by atomic mass is 10.0. The van der Waals surface area contributed by atoms with Crippen LogP contribution >= 0.6 is 12.4 Å². The van der Waals surface area contributed by atoms with Crippen LogP contribution in [0.1, 0.15) is 50.2 Å². The van der Waals surface area contributed by atoms with E-state index < -0.39 is 17.9 Å². The molecule has 0 bridgehead atoms. The molecule has 1 aromatic heterocycles. The molecule has 1 fully saturated rings. The summed E-state index contributed by atoms with van der Waals surface area (Å²) in [6.45, 7) is 1.33. The highest BCUT2D eigenvalue weighted by Crippen LogP contribution is 2.25. The van der Waals surface area contributed by atoms with E-state index in [0.717, 1.165) is 0 Å². The van der Waals surface area contributed by atoms with Gasteiger partial charge >= 0.3 is 17.9 Å². The summed E-state index contributed by atoms with van der Waals surface area (Å²) < 4.78 is 15.5. The molecule has 1 aliphatic rings. The predicted molar refractivity (Wildman–Crippen MR) is 121 cm³/mol. The van der Waals surface area contributed by atoms with Crippen molar-refractivity contribution in [2.24, 2.45) is 0 Å². The Labute approximate surface area is 201 Å². The summed E-state index contributed by atoms with van der Waals surface area (Å²) in [6, 6.07) is 6.23. The van der Waals surface area contributed by atoms with Crippen LogP contribution in [0.25, 0.3) is 0 Å². The normalized spacial score (nSPS) is 14.0. The number of halogens is 1. The fourth-order valence-corrected chi connectivity index (χ4v) is 3.60. The van der Waals surface area contributed by atoms with Crippen LogP contribution in [0, 0.1) is 0 Å². The van der Waals surface area contributed by atoms with E-state index in [1.165, 1.54) is 26.0 Å². The van der Waals surface area contributed by atoms with E-state index in [0.29, 0.717) is 37.2 Å². The molecule has 184 valence electrons. The van der Waals surface area contributed by atoms with Crippen molar-refractivity contribution in [1.82, 2.24) is 19.9 Å². The second-order valence-electron chi connectivity index (χ2n) is 7.34. The van der Waals surface area contributed by atoms with Crippen molar-refractivity contribution in [3.8, 4) is 0 Å². The van der Waals surface area contributed by atoms with Gasteiger partial charge < -0.3 is 19.5 Å². The molecule has 3 rings (SSSR count). The van der Waals surface area contributed by atoms with Crippen LogP contribution in [0.4, 0.5) is 5.69 Å². The lowest BCUT2D eigenvalue weighted by Crippen LogP contribution is -2.40. The first-order valence-corrected chi connectivity index (χ1v) is 10.2. The molecule has 1 aliphatic heterocycles. The van der Waals surface area contributed by atoms with E-state index >= 15 is 0 Å². The fourth-order valence-electron chi connectivity index (χ4n) is 3.60. The number of benzene rings is 1. The summed E-state index contributed by atoms with van der Waals surface area (Å²) in [7, 11) is 3.71. The number of hydrogen-bond acceptors (Lipinski definition) is 10. The summed E-state index contributed by atoms with van der Waals surface area (Å²) in [4.78, 5) is 50.0. The molecule has 0 atom stereocenters. The fraction of sp³-hybridized carbons (Fsp3) is 0.429. The maximum absolute atomic E-state index is 12.4. The molecular formula is C21H26ClN5O7. The lowest BCUT2D eigenvalue weighted by Gasteiger charge is -2.31. The lowest BCUT2D eigenvalue weighted by molar-refractivity contribution is -0.117. The SMILES string of the molecule is COC(=O)c1ccc(NC(=O)CN2CCC(n3nnc(C(=O)OC)c3C(=O)OC)CC2)cc1.Cl. The van der Waals surface area contributed by atoms with Gasteiger partial charge in [-0.15, -0.1) is 17.5 Å². The molecule has 0 radical (unpaired) electrons. The average molecular weight is 496 g/mol. The maximum Gasteiger partial charge on any atom is 0.361 e. The number of nitrogens with zero attached hydrogens (tertiary/aromatic N) is 4. The Kier molecular flexibility index (Phi) is 9.51. The van der Waals surface area contributed by atoms with Crippen molar-refractivity contribution in [1.29, 1.82) is 0 Å². The Bertz CT molecular complexity index is 1030. The van der Waals surface area contributed by atoms with Gasteiger partial charge in [0.15, 0.2) is 5.69 Å². The summed E-state index contributed by atoms with van der Waals surface area (Å²) in [5.41, 5.74) is 0.732. The molecule has 0 aliphatic carbocycles. The third-order valence-corrected chi connectivity index (χ3v) is 5.31. The van der Waals surface area contributed by atoms with Crippen LogP contribution in [0.3, 0.4) is 0 Å². The van der Waals surface area contributed by atoms with Gasteiger partial charge in [-0.3, -0.25) is 9.69 Å². The van der Waals surface area contributed by atoms with Crippen molar-refractivity contribution in [3.05, 3.63) is 41.2 Å². The van der Waals surface area contributed by atoms with Crippen LogP contribution in [-0.4, -0.2) is 84.7 Å². The highest BCUT2D eigenvalue weighted by molar-refractivity contribution is 6.00. The first kappa shape index (κ1) is 26.7. The van der Waals surface area contributed by atoms with E-state index in [4.69, 9.17) is 4.74 Å². The van der Waals surface area contributed by atoms with Crippen LogP contribution in [-0.2, 0) is 19.0 Å². The number of piperidine rings is 1.